The Hall–Kier alpha value is -2.82. The minimum absolute atomic E-state index is 0.111. The molecule has 1 aliphatic rings. The van der Waals surface area contributed by atoms with Crippen LogP contribution in [0.25, 0.3) is 0 Å². The van der Waals surface area contributed by atoms with Crippen molar-refractivity contribution in [2.75, 3.05) is 7.11 Å². The number of hydrogen-bond donors (Lipinski definition) is 1. The zero-order valence-electron chi connectivity index (χ0n) is 14.0. The molecule has 24 heavy (non-hydrogen) atoms. The minimum atomic E-state index is -0.675. The van der Waals surface area contributed by atoms with Crippen molar-refractivity contribution in [3.05, 3.63) is 59.7 Å². The standard InChI is InChI=1S/C19H20N2O3/c1-19(2)17(20-21-18(19)22)14-9-10-15(23-3)16(11-14)24-12-13-7-5-4-6-8-13/h4-11H,12H2,1-3H3,(H,21,22). The number of amides is 1. The molecule has 1 amide bonds. The van der Waals surface area contributed by atoms with Crippen LogP contribution >= 0.6 is 0 Å². The Morgan fingerprint density at radius 2 is 1.83 bits per heavy atom. The van der Waals surface area contributed by atoms with Gasteiger partial charge in [-0.2, -0.15) is 5.10 Å². The van der Waals surface area contributed by atoms with E-state index in [-0.39, 0.29) is 5.91 Å². The van der Waals surface area contributed by atoms with E-state index in [2.05, 4.69) is 10.5 Å². The van der Waals surface area contributed by atoms with Gasteiger partial charge in [0.2, 0.25) is 0 Å². The Labute approximate surface area is 141 Å². The molecule has 5 heteroatoms. The molecule has 0 aromatic heterocycles. The fraction of sp³-hybridized carbons (Fsp3) is 0.263. The van der Waals surface area contributed by atoms with Gasteiger partial charge in [0.15, 0.2) is 11.5 Å². The monoisotopic (exact) mass is 324 g/mol. The normalized spacial score (nSPS) is 15.6. The Kier molecular flexibility index (Phi) is 4.25. The van der Waals surface area contributed by atoms with Crippen molar-refractivity contribution in [1.29, 1.82) is 0 Å². The molecule has 3 rings (SSSR count). The van der Waals surface area contributed by atoms with E-state index < -0.39 is 5.41 Å². The van der Waals surface area contributed by atoms with E-state index in [1.807, 2.05) is 62.4 Å². The van der Waals surface area contributed by atoms with Gasteiger partial charge in [-0.3, -0.25) is 4.79 Å². The molecule has 0 bridgehead atoms. The molecule has 0 spiro atoms. The number of nitrogens with one attached hydrogen (secondary N) is 1. The summed E-state index contributed by atoms with van der Waals surface area (Å²) < 4.78 is 11.3. The fourth-order valence-electron chi connectivity index (χ4n) is 2.59. The second kappa shape index (κ2) is 6.35. The quantitative estimate of drug-likeness (QED) is 0.919. The molecule has 1 N–H and O–H groups in total. The van der Waals surface area contributed by atoms with Crippen LogP contribution in [-0.2, 0) is 11.4 Å². The molecule has 1 aliphatic heterocycles. The van der Waals surface area contributed by atoms with Gasteiger partial charge in [-0.05, 0) is 37.6 Å². The maximum Gasteiger partial charge on any atom is 0.251 e. The smallest absolute Gasteiger partial charge is 0.251 e. The first-order chi connectivity index (χ1) is 11.5. The molecule has 0 saturated carbocycles. The molecule has 0 unspecified atom stereocenters. The van der Waals surface area contributed by atoms with Gasteiger partial charge in [-0.15, -0.1) is 0 Å². The summed E-state index contributed by atoms with van der Waals surface area (Å²) >= 11 is 0. The lowest BCUT2D eigenvalue weighted by atomic mass is 9.84. The summed E-state index contributed by atoms with van der Waals surface area (Å²) in [4.78, 5) is 11.9. The minimum Gasteiger partial charge on any atom is -0.493 e. The van der Waals surface area contributed by atoms with Crippen LogP contribution in [0, 0.1) is 5.41 Å². The number of hydrogen-bond acceptors (Lipinski definition) is 4. The molecule has 2 aromatic carbocycles. The van der Waals surface area contributed by atoms with Crippen molar-refractivity contribution in [3.63, 3.8) is 0 Å². The summed E-state index contributed by atoms with van der Waals surface area (Å²) in [7, 11) is 1.60. The van der Waals surface area contributed by atoms with E-state index >= 15 is 0 Å². The molecular weight excluding hydrogens is 304 g/mol. The summed E-state index contributed by atoms with van der Waals surface area (Å²) in [6.07, 6.45) is 0. The second-order valence-electron chi connectivity index (χ2n) is 6.17. The number of carbonyl (C=O) groups excluding carboxylic acids is 1. The summed E-state index contributed by atoms with van der Waals surface area (Å²) in [5.41, 5.74) is 4.47. The maximum absolute atomic E-state index is 11.9. The summed E-state index contributed by atoms with van der Waals surface area (Å²) in [5, 5.41) is 4.18. The number of carbonyl (C=O) groups is 1. The average molecular weight is 324 g/mol. The van der Waals surface area contributed by atoms with Gasteiger partial charge in [0.1, 0.15) is 6.61 Å². The highest BCUT2D eigenvalue weighted by atomic mass is 16.5. The van der Waals surface area contributed by atoms with Gasteiger partial charge in [0.05, 0.1) is 18.2 Å². The Balaban J connectivity index is 1.87. The van der Waals surface area contributed by atoms with Crippen LogP contribution in [0.3, 0.4) is 0 Å². The van der Waals surface area contributed by atoms with E-state index in [0.29, 0.717) is 23.8 Å². The zero-order chi connectivity index (χ0) is 17.2. The maximum atomic E-state index is 11.9. The van der Waals surface area contributed by atoms with Gasteiger partial charge in [0.25, 0.3) is 5.91 Å². The van der Waals surface area contributed by atoms with Gasteiger partial charge in [-0.25, -0.2) is 5.43 Å². The van der Waals surface area contributed by atoms with Gasteiger partial charge >= 0.3 is 0 Å². The SMILES string of the molecule is COc1ccc(C2=NNC(=O)C2(C)C)cc1OCc1ccccc1. The van der Waals surface area contributed by atoms with Gasteiger partial charge in [0, 0.05) is 5.56 Å². The van der Waals surface area contributed by atoms with Crippen molar-refractivity contribution in [3.8, 4) is 11.5 Å². The third kappa shape index (κ3) is 2.97. The molecule has 0 fully saturated rings. The third-order valence-corrected chi connectivity index (χ3v) is 4.10. The molecule has 2 aromatic rings. The molecule has 1 heterocycles. The number of nitrogens with zero attached hydrogens (tertiary/aromatic N) is 1. The average Bonchev–Trinajstić information content (AvgIpc) is 2.87. The highest BCUT2D eigenvalue weighted by Gasteiger charge is 2.39. The molecule has 0 atom stereocenters. The lowest BCUT2D eigenvalue weighted by Gasteiger charge is -2.18. The Morgan fingerprint density at radius 3 is 2.46 bits per heavy atom. The van der Waals surface area contributed by atoms with E-state index in [0.717, 1.165) is 11.1 Å². The summed E-state index contributed by atoms with van der Waals surface area (Å²) in [5.74, 6) is 1.15. The van der Waals surface area contributed by atoms with E-state index in [1.54, 1.807) is 7.11 Å². The number of methoxy groups -OCH3 is 1. The molecule has 0 radical (unpaired) electrons. The van der Waals surface area contributed by atoms with Crippen LogP contribution in [0.1, 0.15) is 25.0 Å². The lowest BCUT2D eigenvalue weighted by molar-refractivity contribution is -0.125. The van der Waals surface area contributed by atoms with Crippen LogP contribution in [-0.4, -0.2) is 18.7 Å². The van der Waals surface area contributed by atoms with E-state index in [9.17, 15) is 4.79 Å². The Morgan fingerprint density at radius 1 is 1.08 bits per heavy atom. The second-order valence-corrected chi connectivity index (χ2v) is 6.17. The Bertz CT molecular complexity index is 782. The molecule has 0 aliphatic carbocycles. The first kappa shape index (κ1) is 16.1. The van der Waals surface area contributed by atoms with Crippen LogP contribution < -0.4 is 14.9 Å². The van der Waals surface area contributed by atoms with E-state index in [4.69, 9.17) is 9.47 Å². The zero-order valence-corrected chi connectivity index (χ0v) is 14.0. The highest BCUT2D eigenvalue weighted by molar-refractivity contribution is 6.19. The van der Waals surface area contributed by atoms with Crippen LogP contribution in [0.15, 0.2) is 53.6 Å². The first-order valence-corrected chi connectivity index (χ1v) is 7.76. The predicted octanol–water partition coefficient (Wildman–Crippen LogP) is 3.13. The van der Waals surface area contributed by atoms with Crippen molar-refractivity contribution in [1.82, 2.24) is 5.43 Å². The van der Waals surface area contributed by atoms with Crippen LogP contribution in [0.2, 0.25) is 0 Å². The largest absolute Gasteiger partial charge is 0.493 e. The number of rotatable bonds is 5. The number of ether oxygens (including phenoxy) is 2. The topological polar surface area (TPSA) is 59.9 Å². The van der Waals surface area contributed by atoms with Gasteiger partial charge < -0.3 is 9.47 Å². The molecule has 0 saturated heterocycles. The van der Waals surface area contributed by atoms with E-state index in [1.165, 1.54) is 0 Å². The third-order valence-electron chi connectivity index (χ3n) is 4.10. The number of benzene rings is 2. The van der Waals surface area contributed by atoms with Gasteiger partial charge in [-0.1, -0.05) is 30.3 Å². The summed E-state index contributed by atoms with van der Waals surface area (Å²) in [6, 6.07) is 15.5. The number of hydrazone groups is 1. The predicted molar refractivity (Wildman–Crippen MR) is 92.2 cm³/mol. The lowest BCUT2D eigenvalue weighted by Crippen LogP contribution is -2.32. The van der Waals surface area contributed by atoms with Crippen LogP contribution in [0.5, 0.6) is 11.5 Å². The fourth-order valence-corrected chi connectivity index (χ4v) is 2.59. The van der Waals surface area contributed by atoms with Crippen molar-refractivity contribution < 1.29 is 14.3 Å². The van der Waals surface area contributed by atoms with Crippen molar-refractivity contribution >= 4 is 11.6 Å². The van der Waals surface area contributed by atoms with Crippen molar-refractivity contribution in [2.45, 2.75) is 20.5 Å². The van der Waals surface area contributed by atoms with Crippen LogP contribution in [0.4, 0.5) is 0 Å². The van der Waals surface area contributed by atoms with Crippen molar-refractivity contribution in [2.24, 2.45) is 10.5 Å². The first-order valence-electron chi connectivity index (χ1n) is 7.76. The molecule has 5 nitrogen and oxygen atoms in total. The summed E-state index contributed by atoms with van der Waals surface area (Å²) in [6.45, 7) is 4.14. The molecular formula is C19H20N2O3. The molecule has 124 valence electrons. The highest BCUT2D eigenvalue weighted by Crippen LogP contribution is 2.33.